The van der Waals surface area contributed by atoms with Gasteiger partial charge in [0.1, 0.15) is 11.9 Å². The van der Waals surface area contributed by atoms with Gasteiger partial charge >= 0.3 is 0 Å². The van der Waals surface area contributed by atoms with Crippen molar-refractivity contribution < 1.29 is 9.13 Å². The number of amidine groups is 1. The molecule has 2 saturated heterocycles. The number of pyridine rings is 1. The number of halogens is 1. The summed E-state index contributed by atoms with van der Waals surface area (Å²) in [6.07, 6.45) is 2.86. The Bertz CT molecular complexity index is 903. The fraction of sp³-hybridized carbons (Fsp3) is 0.455. The van der Waals surface area contributed by atoms with Crippen molar-refractivity contribution in [1.82, 2.24) is 9.88 Å². The molecular formula is C22H25FN4OS. The van der Waals surface area contributed by atoms with Crippen LogP contribution in [0.3, 0.4) is 0 Å². The summed E-state index contributed by atoms with van der Waals surface area (Å²) in [6.45, 7) is 4.95. The molecule has 0 radical (unpaired) electrons. The average Bonchev–Trinajstić information content (AvgIpc) is 3.34. The highest BCUT2D eigenvalue weighted by Crippen LogP contribution is 2.48. The molecule has 1 aromatic carbocycles. The molecule has 2 aromatic rings. The number of hydrogen-bond acceptors (Lipinski definition) is 6. The van der Waals surface area contributed by atoms with Crippen LogP contribution in [0.2, 0.25) is 0 Å². The van der Waals surface area contributed by atoms with E-state index in [0.29, 0.717) is 24.9 Å². The summed E-state index contributed by atoms with van der Waals surface area (Å²) >= 11 is 1.80. The van der Waals surface area contributed by atoms with Crippen LogP contribution in [0.5, 0.6) is 0 Å². The van der Waals surface area contributed by atoms with Crippen LogP contribution in [-0.2, 0) is 4.74 Å². The van der Waals surface area contributed by atoms with Crippen molar-refractivity contribution in [3.8, 4) is 0 Å². The zero-order valence-electron chi connectivity index (χ0n) is 16.5. The lowest BCUT2D eigenvalue weighted by molar-refractivity contribution is 0.122. The lowest BCUT2D eigenvalue weighted by Gasteiger charge is -2.33. The first-order valence-electron chi connectivity index (χ1n) is 10.3. The number of ether oxygens (including phenoxy) is 1. The third kappa shape index (κ3) is 3.40. The lowest BCUT2D eigenvalue weighted by atomic mass is 9.94. The molecule has 4 heterocycles. The SMILES string of the molecule is CC[C@H]1CSC2=N[C@H](c3ccccn3)[C@@H](c3ccc(N4CCOCC4)c(F)c3)N21. The quantitative estimate of drug-likeness (QED) is 0.758. The van der Waals surface area contributed by atoms with Gasteiger partial charge in [-0.15, -0.1) is 0 Å². The zero-order chi connectivity index (χ0) is 19.8. The van der Waals surface area contributed by atoms with Gasteiger partial charge in [0, 0.05) is 31.1 Å². The van der Waals surface area contributed by atoms with Gasteiger partial charge in [0.05, 0.1) is 30.6 Å². The van der Waals surface area contributed by atoms with Crippen molar-refractivity contribution in [3.05, 3.63) is 59.7 Å². The van der Waals surface area contributed by atoms with Crippen LogP contribution in [0.4, 0.5) is 10.1 Å². The van der Waals surface area contributed by atoms with Crippen molar-refractivity contribution in [1.29, 1.82) is 0 Å². The highest BCUT2D eigenvalue weighted by molar-refractivity contribution is 8.14. The second-order valence-electron chi connectivity index (χ2n) is 7.65. The van der Waals surface area contributed by atoms with E-state index < -0.39 is 0 Å². The van der Waals surface area contributed by atoms with Crippen molar-refractivity contribution in [2.75, 3.05) is 37.0 Å². The van der Waals surface area contributed by atoms with Crippen molar-refractivity contribution >= 4 is 22.6 Å². The maximum atomic E-state index is 15.2. The van der Waals surface area contributed by atoms with Crippen LogP contribution in [0.25, 0.3) is 0 Å². The Kier molecular flexibility index (Phi) is 5.18. The highest BCUT2D eigenvalue weighted by atomic mass is 32.2. The molecule has 0 aliphatic carbocycles. The summed E-state index contributed by atoms with van der Waals surface area (Å²) in [7, 11) is 0. The number of aliphatic imine (C=N–C) groups is 1. The molecule has 5 nitrogen and oxygen atoms in total. The molecule has 2 fully saturated rings. The van der Waals surface area contributed by atoms with E-state index in [9.17, 15) is 0 Å². The summed E-state index contributed by atoms with van der Waals surface area (Å²) in [5.41, 5.74) is 2.57. The summed E-state index contributed by atoms with van der Waals surface area (Å²) in [6, 6.07) is 11.9. The van der Waals surface area contributed by atoms with Gasteiger partial charge in [0.25, 0.3) is 0 Å². The van der Waals surface area contributed by atoms with Crippen LogP contribution < -0.4 is 4.90 Å². The van der Waals surface area contributed by atoms with Gasteiger partial charge in [0.2, 0.25) is 0 Å². The monoisotopic (exact) mass is 412 g/mol. The lowest BCUT2D eigenvalue weighted by Crippen LogP contribution is -2.37. The molecule has 3 atom stereocenters. The van der Waals surface area contributed by atoms with E-state index >= 15 is 4.39 Å². The number of anilines is 1. The number of rotatable bonds is 4. The summed E-state index contributed by atoms with van der Waals surface area (Å²) < 4.78 is 20.6. The molecule has 0 unspecified atom stereocenters. The van der Waals surface area contributed by atoms with E-state index in [1.165, 1.54) is 0 Å². The number of benzene rings is 1. The standard InChI is InChI=1S/C22H25FN4OS/c1-2-16-14-29-22-25-20(18-5-3-4-8-24-18)21(27(16)22)15-6-7-19(17(23)13-15)26-9-11-28-12-10-26/h3-8,13,16,20-21H,2,9-12,14H2,1H3/t16-,20+,21+/m0/s1. The molecule has 152 valence electrons. The van der Waals surface area contributed by atoms with Gasteiger partial charge < -0.3 is 14.5 Å². The van der Waals surface area contributed by atoms with Crippen LogP contribution in [0.1, 0.15) is 36.7 Å². The first kappa shape index (κ1) is 18.9. The van der Waals surface area contributed by atoms with Crippen LogP contribution >= 0.6 is 11.8 Å². The third-order valence-corrected chi connectivity index (χ3v) is 7.12. The largest absolute Gasteiger partial charge is 0.378 e. The average molecular weight is 413 g/mol. The van der Waals surface area contributed by atoms with Crippen molar-refractivity contribution in [2.24, 2.45) is 4.99 Å². The van der Waals surface area contributed by atoms with Crippen LogP contribution in [-0.4, -0.2) is 53.1 Å². The molecule has 1 aromatic heterocycles. The molecule has 0 amide bonds. The summed E-state index contributed by atoms with van der Waals surface area (Å²) in [5, 5.41) is 1.06. The zero-order valence-corrected chi connectivity index (χ0v) is 17.3. The molecular weight excluding hydrogens is 387 g/mol. The van der Waals surface area contributed by atoms with E-state index in [1.54, 1.807) is 17.8 Å². The Hall–Kier alpha value is -2.12. The van der Waals surface area contributed by atoms with Gasteiger partial charge in [-0.05, 0) is 36.2 Å². The minimum atomic E-state index is -0.169. The second kappa shape index (κ2) is 7.95. The Labute approximate surface area is 175 Å². The fourth-order valence-corrected chi connectivity index (χ4v) is 5.82. The van der Waals surface area contributed by atoms with Crippen molar-refractivity contribution in [3.63, 3.8) is 0 Å². The number of fused-ring (bicyclic) bond motifs is 1. The summed E-state index contributed by atoms with van der Waals surface area (Å²) in [4.78, 5) is 14.0. The Morgan fingerprint density at radius 2 is 2.07 bits per heavy atom. The van der Waals surface area contributed by atoms with E-state index in [4.69, 9.17) is 9.73 Å². The van der Waals surface area contributed by atoms with Gasteiger partial charge in [-0.3, -0.25) is 9.98 Å². The number of morpholine rings is 1. The third-order valence-electron chi connectivity index (χ3n) is 5.99. The Morgan fingerprint density at radius 3 is 2.79 bits per heavy atom. The van der Waals surface area contributed by atoms with Crippen LogP contribution in [0.15, 0.2) is 47.6 Å². The maximum absolute atomic E-state index is 15.2. The van der Waals surface area contributed by atoms with E-state index in [2.05, 4.69) is 27.8 Å². The van der Waals surface area contributed by atoms with Crippen LogP contribution in [0, 0.1) is 5.82 Å². The predicted octanol–water partition coefficient (Wildman–Crippen LogP) is 4.04. The summed E-state index contributed by atoms with van der Waals surface area (Å²) in [5.74, 6) is 0.868. The topological polar surface area (TPSA) is 41.0 Å². The van der Waals surface area contributed by atoms with Gasteiger partial charge in [-0.1, -0.05) is 30.8 Å². The number of thioether (sulfide) groups is 1. The first-order valence-corrected chi connectivity index (χ1v) is 11.3. The molecule has 0 spiro atoms. The minimum Gasteiger partial charge on any atom is -0.378 e. The number of aromatic nitrogens is 1. The van der Waals surface area contributed by atoms with Gasteiger partial charge in [0.15, 0.2) is 5.17 Å². The molecule has 0 bridgehead atoms. The molecule has 0 saturated carbocycles. The molecule has 3 aliphatic heterocycles. The van der Waals surface area contributed by atoms with Gasteiger partial charge in [-0.25, -0.2) is 4.39 Å². The Balaban J connectivity index is 1.52. The van der Waals surface area contributed by atoms with E-state index in [1.807, 2.05) is 30.5 Å². The normalized spacial score (nSPS) is 26.6. The molecule has 5 rings (SSSR count). The van der Waals surface area contributed by atoms with Gasteiger partial charge in [-0.2, -0.15) is 0 Å². The van der Waals surface area contributed by atoms with E-state index in [0.717, 1.165) is 41.7 Å². The maximum Gasteiger partial charge on any atom is 0.160 e. The molecule has 0 N–H and O–H groups in total. The molecule has 3 aliphatic rings. The molecule has 29 heavy (non-hydrogen) atoms. The first-order chi connectivity index (χ1) is 14.3. The van der Waals surface area contributed by atoms with E-state index in [-0.39, 0.29) is 17.9 Å². The molecule has 7 heteroatoms. The number of nitrogens with zero attached hydrogens (tertiary/aromatic N) is 4. The predicted molar refractivity (Wildman–Crippen MR) is 115 cm³/mol. The fourth-order valence-electron chi connectivity index (χ4n) is 4.48. The Morgan fingerprint density at radius 1 is 1.21 bits per heavy atom. The highest BCUT2D eigenvalue weighted by Gasteiger charge is 2.45. The number of hydrogen-bond donors (Lipinski definition) is 0. The smallest absolute Gasteiger partial charge is 0.160 e. The minimum absolute atomic E-state index is 0.0203. The van der Waals surface area contributed by atoms with Crippen molar-refractivity contribution in [2.45, 2.75) is 31.5 Å². The second-order valence-corrected chi connectivity index (χ2v) is 8.63.